The molecule has 0 fully saturated rings. The van der Waals surface area contributed by atoms with Gasteiger partial charge in [0, 0.05) is 16.7 Å². The third-order valence-corrected chi connectivity index (χ3v) is 4.90. The Labute approximate surface area is 106 Å². The first kappa shape index (κ1) is 12.8. The van der Waals surface area contributed by atoms with Crippen LogP contribution in [0.1, 0.15) is 42.5 Å². The molecular formula is C14H21NOS. The maximum Gasteiger partial charge on any atom is 0.0536 e. The fourth-order valence-electron chi connectivity index (χ4n) is 2.57. The monoisotopic (exact) mass is 251 g/mol. The molecular weight excluding hydrogens is 230 g/mol. The second-order valence-electron chi connectivity index (χ2n) is 4.85. The lowest BCUT2D eigenvalue weighted by Gasteiger charge is -2.27. The number of aryl methyl sites for hydroxylation is 2. The molecule has 0 saturated heterocycles. The third kappa shape index (κ3) is 2.61. The molecule has 0 bridgehead atoms. The first-order valence-electron chi connectivity index (χ1n) is 6.36. The van der Waals surface area contributed by atoms with Crippen LogP contribution < -0.4 is 5.32 Å². The zero-order chi connectivity index (χ0) is 12.4. The Morgan fingerprint density at radius 2 is 2.18 bits per heavy atom. The van der Waals surface area contributed by atoms with Crippen LogP contribution in [-0.2, 0) is 10.8 Å². The van der Waals surface area contributed by atoms with Gasteiger partial charge in [-0.1, -0.05) is 24.6 Å². The molecule has 0 saturated carbocycles. The van der Waals surface area contributed by atoms with Gasteiger partial charge in [0.15, 0.2) is 0 Å². The van der Waals surface area contributed by atoms with Crippen LogP contribution in [0.25, 0.3) is 0 Å². The van der Waals surface area contributed by atoms with E-state index in [1.807, 2.05) is 0 Å². The second-order valence-corrected chi connectivity index (χ2v) is 6.35. The van der Waals surface area contributed by atoms with Crippen LogP contribution in [-0.4, -0.2) is 16.5 Å². The van der Waals surface area contributed by atoms with E-state index < -0.39 is 10.8 Å². The van der Waals surface area contributed by atoms with Crippen LogP contribution in [0.3, 0.4) is 0 Å². The highest BCUT2D eigenvalue weighted by Gasteiger charge is 2.25. The molecule has 2 rings (SSSR count). The fourth-order valence-corrected chi connectivity index (χ4v) is 4.11. The van der Waals surface area contributed by atoms with E-state index >= 15 is 0 Å². The molecule has 3 heteroatoms. The fraction of sp³-hybridized carbons (Fsp3) is 0.571. The molecule has 2 unspecified atom stereocenters. The highest BCUT2D eigenvalue weighted by Crippen LogP contribution is 2.33. The Balaban J connectivity index is 2.40. The average Bonchev–Trinajstić information content (AvgIpc) is 2.27. The minimum atomic E-state index is -0.801. The van der Waals surface area contributed by atoms with Gasteiger partial charge in [-0.2, -0.15) is 0 Å². The van der Waals surface area contributed by atoms with Crippen molar-refractivity contribution >= 4 is 10.8 Å². The van der Waals surface area contributed by atoms with Gasteiger partial charge in [-0.3, -0.25) is 4.21 Å². The van der Waals surface area contributed by atoms with E-state index in [1.165, 1.54) is 16.7 Å². The minimum absolute atomic E-state index is 0.390. The number of hydrogen-bond donors (Lipinski definition) is 1. The quantitative estimate of drug-likeness (QED) is 0.895. The van der Waals surface area contributed by atoms with Gasteiger partial charge in [-0.15, -0.1) is 0 Å². The number of nitrogens with one attached hydrogen (secondary N) is 1. The van der Waals surface area contributed by atoms with E-state index in [1.54, 1.807) is 0 Å². The van der Waals surface area contributed by atoms with Gasteiger partial charge >= 0.3 is 0 Å². The highest BCUT2D eigenvalue weighted by molar-refractivity contribution is 7.85. The Kier molecular flexibility index (Phi) is 4.00. The van der Waals surface area contributed by atoms with Crippen molar-refractivity contribution in [1.82, 2.24) is 5.32 Å². The Morgan fingerprint density at radius 1 is 1.41 bits per heavy atom. The molecule has 0 aromatic heterocycles. The van der Waals surface area contributed by atoms with Crippen LogP contribution in [0, 0.1) is 13.8 Å². The van der Waals surface area contributed by atoms with E-state index in [2.05, 4.69) is 38.2 Å². The molecule has 2 atom stereocenters. The zero-order valence-electron chi connectivity index (χ0n) is 10.9. The smallest absolute Gasteiger partial charge is 0.0536 e. The van der Waals surface area contributed by atoms with Crippen molar-refractivity contribution in [2.24, 2.45) is 0 Å². The molecule has 0 aliphatic carbocycles. The zero-order valence-corrected chi connectivity index (χ0v) is 11.7. The molecule has 0 amide bonds. The minimum Gasteiger partial charge on any atom is -0.310 e. The summed E-state index contributed by atoms with van der Waals surface area (Å²) in [6.07, 6.45) is 2.13. The van der Waals surface area contributed by atoms with Gasteiger partial charge in [0.2, 0.25) is 0 Å². The van der Waals surface area contributed by atoms with E-state index in [-0.39, 0.29) is 0 Å². The van der Waals surface area contributed by atoms with Crippen molar-refractivity contribution in [2.45, 2.75) is 44.6 Å². The summed E-state index contributed by atoms with van der Waals surface area (Å²) in [5.74, 6) is 0.790. The SMILES string of the molecule is CCCNC1CCS(=O)c2c(C)cc(C)cc21. The van der Waals surface area contributed by atoms with Crippen molar-refractivity contribution in [2.75, 3.05) is 12.3 Å². The molecule has 1 aromatic rings. The van der Waals surface area contributed by atoms with Crippen LogP contribution in [0.15, 0.2) is 17.0 Å². The van der Waals surface area contributed by atoms with Crippen molar-refractivity contribution in [3.05, 3.63) is 28.8 Å². The Bertz CT molecular complexity index is 442. The van der Waals surface area contributed by atoms with Gasteiger partial charge in [0.25, 0.3) is 0 Å². The molecule has 2 nitrogen and oxygen atoms in total. The molecule has 1 N–H and O–H groups in total. The van der Waals surface area contributed by atoms with Gasteiger partial charge in [-0.05, 0) is 44.4 Å². The lowest BCUT2D eigenvalue weighted by Crippen LogP contribution is -2.28. The molecule has 0 radical (unpaired) electrons. The maximum atomic E-state index is 12.1. The van der Waals surface area contributed by atoms with Crippen LogP contribution in [0.2, 0.25) is 0 Å². The normalized spacial score (nSPS) is 23.5. The third-order valence-electron chi connectivity index (χ3n) is 3.28. The summed E-state index contributed by atoms with van der Waals surface area (Å²) in [6, 6.07) is 4.73. The summed E-state index contributed by atoms with van der Waals surface area (Å²) < 4.78 is 12.1. The average molecular weight is 251 g/mol. The van der Waals surface area contributed by atoms with Crippen molar-refractivity contribution in [1.29, 1.82) is 0 Å². The predicted molar refractivity (Wildman–Crippen MR) is 72.8 cm³/mol. The lowest BCUT2D eigenvalue weighted by molar-refractivity contribution is 0.503. The summed E-state index contributed by atoms with van der Waals surface area (Å²) in [5.41, 5.74) is 3.71. The van der Waals surface area contributed by atoms with E-state index in [4.69, 9.17) is 0 Å². The number of benzene rings is 1. The van der Waals surface area contributed by atoms with Gasteiger partial charge in [0.05, 0.1) is 10.8 Å². The second kappa shape index (κ2) is 5.32. The lowest BCUT2D eigenvalue weighted by atomic mass is 9.98. The predicted octanol–water partition coefficient (Wildman–Crippen LogP) is 2.86. The standard InChI is InChI=1S/C14H21NOS/c1-4-6-15-13-5-7-17(16)14-11(3)8-10(2)9-12(13)14/h8-9,13,15H,4-7H2,1-3H3. The molecule has 1 aromatic carbocycles. The van der Waals surface area contributed by atoms with Gasteiger partial charge < -0.3 is 5.32 Å². The number of fused-ring (bicyclic) bond motifs is 1. The van der Waals surface area contributed by atoms with Crippen LogP contribution in [0.4, 0.5) is 0 Å². The summed E-state index contributed by atoms with van der Waals surface area (Å²) >= 11 is 0. The Hall–Kier alpha value is -0.670. The molecule has 0 spiro atoms. The summed E-state index contributed by atoms with van der Waals surface area (Å²) in [4.78, 5) is 1.08. The summed E-state index contributed by atoms with van der Waals surface area (Å²) in [7, 11) is -0.801. The van der Waals surface area contributed by atoms with Crippen molar-refractivity contribution < 1.29 is 4.21 Å². The van der Waals surface area contributed by atoms with Crippen molar-refractivity contribution in [3.8, 4) is 0 Å². The number of hydrogen-bond acceptors (Lipinski definition) is 2. The Morgan fingerprint density at radius 3 is 2.88 bits per heavy atom. The summed E-state index contributed by atoms with van der Waals surface area (Å²) in [5, 5.41) is 3.57. The molecule has 1 aliphatic rings. The van der Waals surface area contributed by atoms with Crippen LogP contribution in [0.5, 0.6) is 0 Å². The molecule has 94 valence electrons. The topological polar surface area (TPSA) is 29.1 Å². The highest BCUT2D eigenvalue weighted by atomic mass is 32.2. The summed E-state index contributed by atoms with van der Waals surface area (Å²) in [6.45, 7) is 7.40. The van der Waals surface area contributed by atoms with E-state index in [0.717, 1.165) is 30.0 Å². The first-order chi connectivity index (χ1) is 8.13. The van der Waals surface area contributed by atoms with Crippen molar-refractivity contribution in [3.63, 3.8) is 0 Å². The number of rotatable bonds is 3. The maximum absolute atomic E-state index is 12.1. The largest absolute Gasteiger partial charge is 0.310 e. The van der Waals surface area contributed by atoms with Gasteiger partial charge in [0.1, 0.15) is 0 Å². The van der Waals surface area contributed by atoms with E-state index in [0.29, 0.717) is 6.04 Å². The molecule has 1 aliphatic heterocycles. The first-order valence-corrected chi connectivity index (χ1v) is 7.68. The molecule has 1 heterocycles. The van der Waals surface area contributed by atoms with E-state index in [9.17, 15) is 4.21 Å². The molecule has 17 heavy (non-hydrogen) atoms. The van der Waals surface area contributed by atoms with Gasteiger partial charge in [-0.25, -0.2) is 0 Å². The van der Waals surface area contributed by atoms with Crippen LogP contribution >= 0.6 is 0 Å².